The van der Waals surface area contributed by atoms with Crippen LogP contribution in [0.15, 0.2) is 89.9 Å². The summed E-state index contributed by atoms with van der Waals surface area (Å²) in [5.41, 5.74) is 2.99. The molecule has 1 N–H and O–H groups in total. The maximum atomic E-state index is 12.7. The van der Waals surface area contributed by atoms with Crippen LogP contribution in [0.5, 0.6) is 0 Å². The molecule has 0 aliphatic carbocycles. The summed E-state index contributed by atoms with van der Waals surface area (Å²) in [7, 11) is 1.97. The first-order valence-electron chi connectivity index (χ1n) is 8.98. The Morgan fingerprint density at radius 1 is 0.778 bits per heavy atom. The van der Waals surface area contributed by atoms with Crippen LogP contribution in [-0.2, 0) is 7.05 Å². The molecule has 0 radical (unpaired) electrons. The highest BCUT2D eigenvalue weighted by molar-refractivity contribution is 6.16. The smallest absolute Gasteiger partial charge is 0.190 e. The third-order valence-electron chi connectivity index (χ3n) is 5.11. The lowest BCUT2D eigenvalue weighted by atomic mass is 9.98. The molecule has 0 amide bonds. The van der Waals surface area contributed by atoms with E-state index in [-0.39, 0.29) is 5.43 Å². The van der Waals surface area contributed by atoms with E-state index >= 15 is 0 Å². The Balaban J connectivity index is 1.93. The molecule has 1 heterocycles. The number of benzene rings is 4. The predicted molar refractivity (Wildman–Crippen MR) is 114 cm³/mol. The van der Waals surface area contributed by atoms with Crippen LogP contribution < -0.4 is 10.7 Å². The predicted octanol–water partition coefficient (Wildman–Crippen LogP) is 5.59. The number of aryl methyl sites for hydroxylation is 1. The summed E-state index contributed by atoms with van der Waals surface area (Å²) in [5, 5.41) is 8.62. The minimum Gasteiger partial charge on any atom is -0.355 e. The molecule has 0 aliphatic heterocycles. The molecule has 5 aromatic rings. The number of rotatable bonds is 2. The van der Waals surface area contributed by atoms with Crippen molar-refractivity contribution in [3.8, 4) is 0 Å². The number of pyridine rings is 1. The van der Waals surface area contributed by atoms with E-state index in [1.54, 1.807) is 6.07 Å². The van der Waals surface area contributed by atoms with Crippen molar-refractivity contribution in [2.45, 2.75) is 0 Å². The quantitative estimate of drug-likeness (QED) is 0.333. The molecule has 3 nitrogen and oxygen atoms in total. The van der Waals surface area contributed by atoms with Gasteiger partial charge in [-0.15, -0.1) is 0 Å². The van der Waals surface area contributed by atoms with Crippen LogP contribution in [-0.4, -0.2) is 4.57 Å². The molecule has 0 atom stereocenters. The number of nitrogens with one attached hydrogen (secondary N) is 1. The molecule has 27 heavy (non-hydrogen) atoms. The average Bonchev–Trinajstić information content (AvgIpc) is 2.70. The Kier molecular flexibility index (Phi) is 3.47. The van der Waals surface area contributed by atoms with Gasteiger partial charge in [-0.25, -0.2) is 0 Å². The monoisotopic (exact) mass is 350 g/mol. The molecule has 0 aliphatic rings. The standard InChI is InChI=1S/C24H18N2O/c1-26-12-11-23(27)24-20-14-17-8-6-5-7-16(17)13-19(20)21(15-22(24)26)25-18-9-3-2-4-10-18/h2-15,25H,1H3. The van der Waals surface area contributed by atoms with Gasteiger partial charge in [-0.1, -0.05) is 42.5 Å². The van der Waals surface area contributed by atoms with E-state index < -0.39 is 0 Å². The van der Waals surface area contributed by atoms with Gasteiger partial charge in [0.25, 0.3) is 0 Å². The average molecular weight is 350 g/mol. The number of hydrogen-bond acceptors (Lipinski definition) is 2. The molecule has 3 heteroatoms. The van der Waals surface area contributed by atoms with Gasteiger partial charge in [0.2, 0.25) is 0 Å². The van der Waals surface area contributed by atoms with Crippen molar-refractivity contribution in [1.29, 1.82) is 0 Å². The van der Waals surface area contributed by atoms with Gasteiger partial charge in [-0.3, -0.25) is 4.79 Å². The summed E-state index contributed by atoms with van der Waals surface area (Å²) in [4.78, 5) is 12.7. The van der Waals surface area contributed by atoms with Gasteiger partial charge in [-0.2, -0.15) is 0 Å². The Bertz CT molecular complexity index is 1370. The van der Waals surface area contributed by atoms with Gasteiger partial charge in [0.05, 0.1) is 10.9 Å². The molecule has 0 saturated heterocycles. The van der Waals surface area contributed by atoms with Gasteiger partial charge in [0.1, 0.15) is 0 Å². The normalized spacial score (nSPS) is 11.3. The lowest BCUT2D eigenvalue weighted by molar-refractivity contribution is 0.951. The SMILES string of the molecule is Cn1ccc(=O)c2c3cc4ccccc4cc3c(Nc3ccccc3)cc21. The highest BCUT2D eigenvalue weighted by Gasteiger charge is 2.12. The van der Waals surface area contributed by atoms with Gasteiger partial charge in [0, 0.05) is 36.1 Å². The first-order chi connectivity index (χ1) is 13.2. The van der Waals surface area contributed by atoms with E-state index in [9.17, 15) is 4.79 Å². The van der Waals surface area contributed by atoms with Crippen molar-refractivity contribution in [3.05, 3.63) is 95.3 Å². The molecular weight excluding hydrogens is 332 g/mol. The summed E-state index contributed by atoms with van der Waals surface area (Å²) >= 11 is 0. The molecule has 1 aromatic heterocycles. The lowest BCUT2D eigenvalue weighted by Crippen LogP contribution is -2.06. The van der Waals surface area contributed by atoms with Crippen molar-refractivity contribution in [3.63, 3.8) is 0 Å². The number of para-hydroxylation sites is 1. The molecule has 130 valence electrons. The van der Waals surface area contributed by atoms with E-state index in [0.717, 1.165) is 43.8 Å². The number of fused-ring (bicyclic) bond motifs is 4. The minimum absolute atomic E-state index is 0.0506. The topological polar surface area (TPSA) is 34.0 Å². The van der Waals surface area contributed by atoms with Crippen molar-refractivity contribution in [2.24, 2.45) is 7.05 Å². The third kappa shape index (κ3) is 2.56. The zero-order chi connectivity index (χ0) is 18.4. The van der Waals surface area contributed by atoms with Crippen LogP contribution in [0.3, 0.4) is 0 Å². The Morgan fingerprint density at radius 2 is 1.44 bits per heavy atom. The first kappa shape index (κ1) is 15.6. The molecule has 0 saturated carbocycles. The van der Waals surface area contributed by atoms with E-state index in [0.29, 0.717) is 0 Å². The molecule has 5 rings (SSSR count). The van der Waals surface area contributed by atoms with Gasteiger partial charge < -0.3 is 9.88 Å². The fourth-order valence-corrected chi connectivity index (χ4v) is 3.76. The van der Waals surface area contributed by atoms with Crippen LogP contribution >= 0.6 is 0 Å². The van der Waals surface area contributed by atoms with Crippen LogP contribution in [0, 0.1) is 0 Å². The summed E-state index contributed by atoms with van der Waals surface area (Å²) in [6, 6.07) is 26.4. The van der Waals surface area contributed by atoms with E-state index in [1.807, 2.05) is 60.3 Å². The number of anilines is 2. The number of nitrogens with zero attached hydrogens (tertiary/aromatic N) is 1. The van der Waals surface area contributed by atoms with Crippen LogP contribution in [0.1, 0.15) is 0 Å². The number of aromatic nitrogens is 1. The van der Waals surface area contributed by atoms with Crippen LogP contribution in [0.4, 0.5) is 11.4 Å². The summed E-state index contributed by atoms with van der Waals surface area (Å²) < 4.78 is 2.00. The molecular formula is C24H18N2O. The zero-order valence-corrected chi connectivity index (χ0v) is 14.9. The van der Waals surface area contributed by atoms with Gasteiger partial charge >= 0.3 is 0 Å². The first-order valence-corrected chi connectivity index (χ1v) is 8.98. The summed E-state index contributed by atoms with van der Waals surface area (Å²) in [6.07, 6.45) is 1.82. The fraction of sp³-hybridized carbons (Fsp3) is 0.0417. The van der Waals surface area contributed by atoms with E-state index in [2.05, 4.69) is 35.6 Å². The Morgan fingerprint density at radius 3 is 2.19 bits per heavy atom. The number of hydrogen-bond donors (Lipinski definition) is 1. The van der Waals surface area contributed by atoms with Crippen LogP contribution in [0.2, 0.25) is 0 Å². The molecule has 0 fully saturated rings. The van der Waals surface area contributed by atoms with Crippen molar-refractivity contribution in [2.75, 3.05) is 5.32 Å². The highest BCUT2D eigenvalue weighted by atomic mass is 16.1. The summed E-state index contributed by atoms with van der Waals surface area (Å²) in [6.45, 7) is 0. The van der Waals surface area contributed by atoms with Gasteiger partial charge in [0.15, 0.2) is 5.43 Å². The van der Waals surface area contributed by atoms with Crippen molar-refractivity contribution < 1.29 is 0 Å². The Labute approximate surface area is 156 Å². The largest absolute Gasteiger partial charge is 0.355 e. The molecule has 0 bridgehead atoms. The fourth-order valence-electron chi connectivity index (χ4n) is 3.76. The second-order valence-corrected chi connectivity index (χ2v) is 6.85. The summed E-state index contributed by atoms with van der Waals surface area (Å²) in [5.74, 6) is 0. The molecule has 0 spiro atoms. The maximum absolute atomic E-state index is 12.7. The van der Waals surface area contributed by atoms with E-state index in [4.69, 9.17) is 0 Å². The molecule has 4 aromatic carbocycles. The lowest BCUT2D eigenvalue weighted by Gasteiger charge is -2.15. The van der Waals surface area contributed by atoms with Crippen molar-refractivity contribution in [1.82, 2.24) is 4.57 Å². The second-order valence-electron chi connectivity index (χ2n) is 6.85. The van der Waals surface area contributed by atoms with Crippen LogP contribution in [0.25, 0.3) is 32.4 Å². The zero-order valence-electron chi connectivity index (χ0n) is 14.9. The maximum Gasteiger partial charge on any atom is 0.190 e. The second kappa shape index (κ2) is 5.99. The van der Waals surface area contributed by atoms with E-state index in [1.165, 1.54) is 0 Å². The van der Waals surface area contributed by atoms with Crippen molar-refractivity contribution >= 4 is 43.8 Å². The Hall–Kier alpha value is -3.59. The highest BCUT2D eigenvalue weighted by Crippen LogP contribution is 2.35. The minimum atomic E-state index is 0.0506. The molecule has 0 unspecified atom stereocenters. The van der Waals surface area contributed by atoms with Gasteiger partial charge in [-0.05, 0) is 46.5 Å². The third-order valence-corrected chi connectivity index (χ3v) is 5.11.